The van der Waals surface area contributed by atoms with Gasteiger partial charge in [-0.2, -0.15) is 0 Å². The van der Waals surface area contributed by atoms with Gasteiger partial charge in [-0.15, -0.1) is 0 Å². The molecule has 4 N–H and O–H groups in total. The van der Waals surface area contributed by atoms with E-state index in [1.165, 1.54) is 11.1 Å². The Hall–Kier alpha value is -2.72. The second-order valence-electron chi connectivity index (χ2n) is 7.28. The fourth-order valence-corrected chi connectivity index (χ4v) is 3.08. The second-order valence-corrected chi connectivity index (χ2v) is 7.28. The van der Waals surface area contributed by atoms with Crippen LogP contribution in [-0.4, -0.2) is 20.3 Å². The molecule has 2 atom stereocenters. The molecule has 0 fully saturated rings. The first-order valence-electron chi connectivity index (χ1n) is 11.4. The number of rotatable bonds is 7. The third-order valence-electron chi connectivity index (χ3n) is 5.17. The molecular formula is C28H44N2O2. The van der Waals surface area contributed by atoms with Crippen LogP contribution in [0.5, 0.6) is 11.5 Å². The number of hydrogen-bond donors (Lipinski definition) is 2. The van der Waals surface area contributed by atoms with Gasteiger partial charge < -0.3 is 20.9 Å². The Labute approximate surface area is 196 Å². The minimum atomic E-state index is -0.136. The van der Waals surface area contributed by atoms with Gasteiger partial charge in [-0.05, 0) is 68.5 Å². The molecule has 0 heterocycles. The predicted molar refractivity (Wildman–Crippen MR) is 142 cm³/mol. The summed E-state index contributed by atoms with van der Waals surface area (Å²) in [5.41, 5.74) is 18.0. The van der Waals surface area contributed by atoms with Crippen molar-refractivity contribution in [2.45, 2.75) is 66.8 Å². The number of ether oxygens (including phenoxy) is 2. The highest BCUT2D eigenvalue weighted by atomic mass is 16.5. The summed E-state index contributed by atoms with van der Waals surface area (Å²) in [6, 6.07) is 11.9. The molecule has 0 aliphatic carbocycles. The molecular weight excluding hydrogens is 396 g/mol. The van der Waals surface area contributed by atoms with E-state index in [2.05, 4.69) is 32.9 Å². The lowest BCUT2D eigenvalue weighted by molar-refractivity contribution is 0.354. The summed E-state index contributed by atoms with van der Waals surface area (Å²) in [7, 11) is 3.27. The molecule has 2 unspecified atom stereocenters. The number of aryl methyl sites for hydroxylation is 1. The number of anilines is 1. The highest BCUT2D eigenvalue weighted by Gasteiger charge is 2.17. The minimum absolute atomic E-state index is 0.127. The average Bonchev–Trinajstić information content (AvgIpc) is 2.84. The molecule has 2 rings (SSSR count). The van der Waals surface area contributed by atoms with Gasteiger partial charge in [0.2, 0.25) is 0 Å². The Morgan fingerprint density at radius 2 is 1.56 bits per heavy atom. The molecule has 32 heavy (non-hydrogen) atoms. The van der Waals surface area contributed by atoms with Crippen LogP contribution in [0.1, 0.15) is 70.6 Å². The summed E-state index contributed by atoms with van der Waals surface area (Å²) >= 11 is 0. The van der Waals surface area contributed by atoms with Gasteiger partial charge in [-0.3, -0.25) is 0 Å². The Morgan fingerprint density at radius 1 is 0.969 bits per heavy atom. The monoisotopic (exact) mass is 440 g/mol. The molecule has 0 aromatic heterocycles. The number of allylic oxidation sites excluding steroid dienone is 3. The van der Waals surface area contributed by atoms with E-state index < -0.39 is 0 Å². The zero-order chi connectivity index (χ0) is 24.7. The van der Waals surface area contributed by atoms with Crippen molar-refractivity contribution < 1.29 is 9.47 Å². The number of methoxy groups -OCH3 is 2. The molecule has 0 amide bonds. The smallest absolute Gasteiger partial charge is 0.160 e. The average molecular weight is 441 g/mol. The molecule has 4 nitrogen and oxygen atoms in total. The fourth-order valence-electron chi connectivity index (χ4n) is 3.08. The van der Waals surface area contributed by atoms with Crippen LogP contribution in [0, 0.1) is 6.92 Å². The number of nitrogen functional groups attached to an aromatic ring is 1. The SMILES string of the molecule is C/C=C\C.CC.CC/C(=C\C(N)C(C)c1ccc(OC)c(OC)c1)c1cc(C)ccc1N. The Morgan fingerprint density at radius 3 is 2.06 bits per heavy atom. The summed E-state index contributed by atoms with van der Waals surface area (Å²) in [5.74, 6) is 1.56. The molecule has 2 aromatic carbocycles. The molecule has 0 saturated heterocycles. The van der Waals surface area contributed by atoms with Crippen molar-refractivity contribution >= 4 is 11.3 Å². The first-order chi connectivity index (χ1) is 15.3. The van der Waals surface area contributed by atoms with Gasteiger partial charge in [0.1, 0.15) is 0 Å². The van der Waals surface area contributed by atoms with Crippen molar-refractivity contribution in [1.82, 2.24) is 0 Å². The van der Waals surface area contributed by atoms with E-state index in [0.717, 1.165) is 23.2 Å². The van der Waals surface area contributed by atoms with Crippen LogP contribution in [0.15, 0.2) is 54.6 Å². The van der Waals surface area contributed by atoms with Crippen LogP contribution in [0.25, 0.3) is 5.57 Å². The van der Waals surface area contributed by atoms with Crippen LogP contribution in [0.4, 0.5) is 5.69 Å². The molecule has 0 saturated carbocycles. The van der Waals surface area contributed by atoms with E-state index >= 15 is 0 Å². The quantitative estimate of drug-likeness (QED) is 0.355. The highest BCUT2D eigenvalue weighted by Crippen LogP contribution is 2.33. The van der Waals surface area contributed by atoms with E-state index in [0.29, 0.717) is 11.5 Å². The summed E-state index contributed by atoms with van der Waals surface area (Å²) in [5, 5.41) is 0. The molecule has 0 spiro atoms. The van der Waals surface area contributed by atoms with Gasteiger partial charge in [0.25, 0.3) is 0 Å². The normalized spacial score (nSPS) is 12.8. The third-order valence-corrected chi connectivity index (χ3v) is 5.17. The van der Waals surface area contributed by atoms with Gasteiger partial charge in [-0.1, -0.05) is 63.6 Å². The topological polar surface area (TPSA) is 70.5 Å². The lowest BCUT2D eigenvalue weighted by Crippen LogP contribution is -2.24. The van der Waals surface area contributed by atoms with Gasteiger partial charge in [-0.25, -0.2) is 0 Å². The number of hydrogen-bond acceptors (Lipinski definition) is 4. The first-order valence-corrected chi connectivity index (χ1v) is 11.4. The van der Waals surface area contributed by atoms with Crippen LogP contribution in [0.2, 0.25) is 0 Å². The minimum Gasteiger partial charge on any atom is -0.493 e. The zero-order valence-electron chi connectivity index (χ0n) is 21.5. The Kier molecular flexibility index (Phi) is 14.6. The first kappa shape index (κ1) is 29.3. The van der Waals surface area contributed by atoms with Gasteiger partial charge in [0.05, 0.1) is 14.2 Å². The van der Waals surface area contributed by atoms with Crippen LogP contribution >= 0.6 is 0 Å². The third kappa shape index (κ3) is 8.80. The molecule has 2 aromatic rings. The van der Waals surface area contributed by atoms with Gasteiger partial charge in [0, 0.05) is 17.3 Å². The molecule has 0 bridgehead atoms. The van der Waals surface area contributed by atoms with E-state index in [4.69, 9.17) is 20.9 Å². The molecule has 0 radical (unpaired) electrons. The highest BCUT2D eigenvalue weighted by molar-refractivity contribution is 5.76. The van der Waals surface area contributed by atoms with Crippen LogP contribution < -0.4 is 20.9 Å². The Bertz CT molecular complexity index is 853. The fraction of sp³-hybridized carbons (Fsp3) is 0.429. The molecule has 4 heteroatoms. The molecule has 0 aliphatic heterocycles. The predicted octanol–water partition coefficient (Wildman–Crippen LogP) is 7.13. The van der Waals surface area contributed by atoms with E-state index in [1.807, 2.05) is 70.2 Å². The van der Waals surface area contributed by atoms with Crippen LogP contribution in [-0.2, 0) is 0 Å². The summed E-state index contributed by atoms with van der Waals surface area (Å²) in [4.78, 5) is 0. The van der Waals surface area contributed by atoms with E-state index in [-0.39, 0.29) is 12.0 Å². The lowest BCUT2D eigenvalue weighted by Gasteiger charge is -2.21. The summed E-state index contributed by atoms with van der Waals surface area (Å²) in [6.45, 7) is 14.3. The summed E-state index contributed by atoms with van der Waals surface area (Å²) in [6.07, 6.45) is 7.01. The van der Waals surface area contributed by atoms with Gasteiger partial charge in [0.15, 0.2) is 11.5 Å². The van der Waals surface area contributed by atoms with Crippen molar-refractivity contribution in [3.63, 3.8) is 0 Å². The maximum Gasteiger partial charge on any atom is 0.160 e. The number of nitrogens with two attached hydrogens (primary N) is 2. The van der Waals surface area contributed by atoms with Gasteiger partial charge >= 0.3 is 0 Å². The largest absolute Gasteiger partial charge is 0.493 e. The number of benzene rings is 2. The maximum atomic E-state index is 6.52. The van der Waals surface area contributed by atoms with Crippen molar-refractivity contribution in [3.05, 3.63) is 71.3 Å². The maximum absolute atomic E-state index is 6.52. The van der Waals surface area contributed by atoms with Crippen LogP contribution in [0.3, 0.4) is 0 Å². The second kappa shape index (κ2) is 16.0. The Balaban J connectivity index is 0.00000144. The van der Waals surface area contributed by atoms with E-state index in [1.54, 1.807) is 14.2 Å². The van der Waals surface area contributed by atoms with Crippen molar-refractivity contribution in [2.24, 2.45) is 5.73 Å². The van der Waals surface area contributed by atoms with Crippen molar-refractivity contribution in [2.75, 3.05) is 20.0 Å². The standard InChI is InChI=1S/C22H30N2O2.C4H8.C2H6/c1-6-16(18-11-14(2)7-9-19(18)23)12-20(24)15(3)17-8-10-21(25-4)22(13-17)26-5;1-3-4-2;1-2/h7-13,15,20H,6,23-24H2,1-5H3;3-4H,1-2H3;1-2H3/b16-12+;4-3-;. The van der Waals surface area contributed by atoms with Crippen molar-refractivity contribution in [3.8, 4) is 11.5 Å². The molecule has 178 valence electrons. The lowest BCUT2D eigenvalue weighted by atomic mass is 9.90. The summed E-state index contributed by atoms with van der Waals surface area (Å²) < 4.78 is 10.7. The zero-order valence-corrected chi connectivity index (χ0v) is 21.5. The molecule has 0 aliphatic rings. The van der Waals surface area contributed by atoms with Crippen molar-refractivity contribution in [1.29, 1.82) is 0 Å². The van der Waals surface area contributed by atoms with E-state index in [9.17, 15) is 0 Å².